The Hall–Kier alpha value is -3.22. The number of amides is 1. The molecular weight excluding hydrogens is 416 g/mol. The number of hydrogen-bond donors (Lipinski definition) is 0. The molecule has 7 heteroatoms. The van der Waals surface area contributed by atoms with Crippen molar-refractivity contribution < 1.29 is 14.3 Å². The van der Waals surface area contributed by atoms with Gasteiger partial charge in [-0.15, -0.1) is 0 Å². The number of nitrogens with zero attached hydrogens (tertiary/aromatic N) is 4. The highest BCUT2D eigenvalue weighted by molar-refractivity contribution is 5.79. The molecule has 1 amide bonds. The Bertz CT molecular complexity index is 1090. The summed E-state index contributed by atoms with van der Waals surface area (Å²) in [4.78, 5) is 21.5. The third-order valence-corrected chi connectivity index (χ3v) is 6.11. The standard InChI is InChI=1S/C26H34N4O3/c1-26(2,3)33-25(31)29-16-14-20(15-17-29)28(4)24-27-22-8-6-7-9-23(22)30(24)18-19-10-12-21(32-5)13-11-19/h6-13,20H,14-18H2,1-5H3. The number of rotatable bonds is 5. The first-order valence-electron chi connectivity index (χ1n) is 11.5. The Morgan fingerprint density at radius 2 is 1.76 bits per heavy atom. The minimum Gasteiger partial charge on any atom is -0.497 e. The van der Waals surface area contributed by atoms with Gasteiger partial charge < -0.3 is 23.8 Å². The van der Waals surface area contributed by atoms with E-state index in [0.717, 1.165) is 42.1 Å². The fraction of sp³-hybridized carbons (Fsp3) is 0.462. The molecule has 0 radical (unpaired) electrons. The van der Waals surface area contributed by atoms with Crippen molar-refractivity contribution in [2.75, 3.05) is 32.1 Å². The molecule has 3 aromatic rings. The van der Waals surface area contributed by atoms with Crippen LogP contribution in [0.25, 0.3) is 11.0 Å². The van der Waals surface area contributed by atoms with E-state index in [-0.39, 0.29) is 6.09 Å². The molecule has 0 unspecified atom stereocenters. The molecule has 1 aliphatic heterocycles. The van der Waals surface area contributed by atoms with Gasteiger partial charge in [-0.3, -0.25) is 0 Å². The molecule has 1 saturated heterocycles. The summed E-state index contributed by atoms with van der Waals surface area (Å²) >= 11 is 0. The van der Waals surface area contributed by atoms with Gasteiger partial charge in [0.15, 0.2) is 0 Å². The second-order valence-corrected chi connectivity index (χ2v) is 9.64. The van der Waals surface area contributed by atoms with Crippen LogP contribution in [0.4, 0.5) is 10.7 Å². The van der Waals surface area contributed by atoms with Crippen LogP contribution in [0.1, 0.15) is 39.2 Å². The Labute approximate surface area is 195 Å². The van der Waals surface area contributed by atoms with Gasteiger partial charge in [-0.25, -0.2) is 9.78 Å². The highest BCUT2D eigenvalue weighted by Crippen LogP contribution is 2.28. The molecule has 0 spiro atoms. The van der Waals surface area contributed by atoms with Crippen LogP contribution in [0.15, 0.2) is 48.5 Å². The first-order valence-corrected chi connectivity index (χ1v) is 11.5. The number of hydrogen-bond acceptors (Lipinski definition) is 5. The van der Waals surface area contributed by atoms with Gasteiger partial charge in [0, 0.05) is 26.2 Å². The summed E-state index contributed by atoms with van der Waals surface area (Å²) in [5.74, 6) is 1.80. The summed E-state index contributed by atoms with van der Waals surface area (Å²) < 4.78 is 13.1. The van der Waals surface area contributed by atoms with Gasteiger partial charge in [-0.1, -0.05) is 24.3 Å². The van der Waals surface area contributed by atoms with Crippen molar-refractivity contribution in [1.29, 1.82) is 0 Å². The number of imidazole rings is 1. The largest absolute Gasteiger partial charge is 0.497 e. The average Bonchev–Trinajstić information content (AvgIpc) is 3.16. The van der Waals surface area contributed by atoms with Crippen LogP contribution in [-0.4, -0.2) is 59.4 Å². The molecule has 0 atom stereocenters. The molecule has 2 heterocycles. The topological polar surface area (TPSA) is 59.8 Å². The molecule has 7 nitrogen and oxygen atoms in total. The van der Waals surface area contributed by atoms with E-state index < -0.39 is 5.60 Å². The van der Waals surface area contributed by atoms with Gasteiger partial charge in [0.1, 0.15) is 11.4 Å². The van der Waals surface area contributed by atoms with E-state index in [1.165, 1.54) is 5.56 Å². The Kier molecular flexibility index (Phi) is 6.49. The first kappa shape index (κ1) is 23.0. The van der Waals surface area contributed by atoms with Crippen molar-refractivity contribution in [3.05, 3.63) is 54.1 Å². The zero-order chi connectivity index (χ0) is 23.6. The highest BCUT2D eigenvalue weighted by atomic mass is 16.6. The Morgan fingerprint density at radius 3 is 2.39 bits per heavy atom. The smallest absolute Gasteiger partial charge is 0.410 e. The molecule has 1 aromatic heterocycles. The molecule has 33 heavy (non-hydrogen) atoms. The van der Waals surface area contributed by atoms with Crippen molar-refractivity contribution >= 4 is 23.1 Å². The number of anilines is 1. The molecule has 0 N–H and O–H groups in total. The van der Waals surface area contributed by atoms with E-state index >= 15 is 0 Å². The van der Waals surface area contributed by atoms with Crippen molar-refractivity contribution in [1.82, 2.24) is 14.5 Å². The summed E-state index contributed by atoms with van der Waals surface area (Å²) in [5, 5.41) is 0. The van der Waals surface area contributed by atoms with E-state index in [4.69, 9.17) is 14.5 Å². The lowest BCUT2D eigenvalue weighted by molar-refractivity contribution is 0.0205. The van der Waals surface area contributed by atoms with Gasteiger partial charge in [0.2, 0.25) is 5.95 Å². The van der Waals surface area contributed by atoms with Crippen molar-refractivity contribution in [3.63, 3.8) is 0 Å². The van der Waals surface area contributed by atoms with Crippen LogP contribution >= 0.6 is 0 Å². The van der Waals surface area contributed by atoms with Gasteiger partial charge in [0.05, 0.1) is 24.7 Å². The maximum Gasteiger partial charge on any atom is 0.410 e. The van der Waals surface area contributed by atoms with Gasteiger partial charge in [0.25, 0.3) is 0 Å². The second-order valence-electron chi connectivity index (χ2n) is 9.64. The van der Waals surface area contributed by atoms with E-state index in [9.17, 15) is 4.79 Å². The third kappa shape index (κ3) is 5.24. The molecule has 176 valence electrons. The molecule has 1 fully saturated rings. The number of benzene rings is 2. The van der Waals surface area contributed by atoms with E-state index in [2.05, 4.69) is 46.8 Å². The van der Waals surface area contributed by atoms with Crippen LogP contribution in [0.3, 0.4) is 0 Å². The fourth-order valence-corrected chi connectivity index (χ4v) is 4.33. The summed E-state index contributed by atoms with van der Waals surface area (Å²) in [6.07, 6.45) is 1.53. The monoisotopic (exact) mass is 450 g/mol. The lowest BCUT2D eigenvalue weighted by Crippen LogP contribution is -2.47. The SMILES string of the molecule is COc1ccc(Cn2c(N(C)C3CCN(C(=O)OC(C)(C)C)CC3)nc3ccccc32)cc1. The Morgan fingerprint density at radius 1 is 1.09 bits per heavy atom. The van der Waals surface area contributed by atoms with Gasteiger partial charge >= 0.3 is 6.09 Å². The third-order valence-electron chi connectivity index (χ3n) is 6.11. The number of para-hydroxylation sites is 2. The molecule has 1 aliphatic rings. The summed E-state index contributed by atoms with van der Waals surface area (Å²) in [5.41, 5.74) is 2.81. The quantitative estimate of drug-likeness (QED) is 0.552. The maximum absolute atomic E-state index is 12.4. The molecule has 2 aromatic carbocycles. The number of carbonyl (C=O) groups excluding carboxylic acids is 1. The van der Waals surface area contributed by atoms with Crippen molar-refractivity contribution in [2.45, 2.75) is 51.8 Å². The zero-order valence-corrected chi connectivity index (χ0v) is 20.2. The predicted octanol–water partition coefficient (Wildman–Crippen LogP) is 4.93. The number of methoxy groups -OCH3 is 1. The molecule has 0 bridgehead atoms. The highest BCUT2D eigenvalue weighted by Gasteiger charge is 2.30. The minimum atomic E-state index is -0.475. The molecular formula is C26H34N4O3. The molecule has 0 aliphatic carbocycles. The van der Waals surface area contributed by atoms with Crippen LogP contribution < -0.4 is 9.64 Å². The normalized spacial score (nSPS) is 15.0. The number of piperidine rings is 1. The number of likely N-dealkylation sites (tertiary alicyclic amines) is 1. The summed E-state index contributed by atoms with van der Waals surface area (Å²) in [6.45, 7) is 7.79. The summed E-state index contributed by atoms with van der Waals surface area (Å²) in [6, 6.07) is 16.7. The predicted molar refractivity (Wildman–Crippen MR) is 131 cm³/mol. The first-order chi connectivity index (χ1) is 15.7. The van der Waals surface area contributed by atoms with Crippen LogP contribution in [0.2, 0.25) is 0 Å². The zero-order valence-electron chi connectivity index (χ0n) is 20.2. The minimum absolute atomic E-state index is 0.227. The van der Waals surface area contributed by atoms with Crippen LogP contribution in [0.5, 0.6) is 5.75 Å². The maximum atomic E-state index is 12.4. The Balaban J connectivity index is 1.53. The number of ether oxygens (including phenoxy) is 2. The van der Waals surface area contributed by atoms with Crippen LogP contribution in [-0.2, 0) is 11.3 Å². The number of carbonyl (C=O) groups is 1. The van der Waals surface area contributed by atoms with E-state index in [0.29, 0.717) is 19.1 Å². The van der Waals surface area contributed by atoms with E-state index in [1.807, 2.05) is 43.9 Å². The second kappa shape index (κ2) is 9.33. The van der Waals surface area contributed by atoms with Crippen molar-refractivity contribution in [2.24, 2.45) is 0 Å². The van der Waals surface area contributed by atoms with Crippen LogP contribution in [0, 0.1) is 0 Å². The molecule has 4 rings (SSSR count). The number of aromatic nitrogens is 2. The summed E-state index contributed by atoms with van der Waals surface area (Å²) in [7, 11) is 3.79. The van der Waals surface area contributed by atoms with Gasteiger partial charge in [-0.2, -0.15) is 0 Å². The lowest BCUT2D eigenvalue weighted by atomic mass is 10.0. The van der Waals surface area contributed by atoms with E-state index in [1.54, 1.807) is 7.11 Å². The van der Waals surface area contributed by atoms with Gasteiger partial charge in [-0.05, 0) is 63.4 Å². The molecule has 0 saturated carbocycles. The van der Waals surface area contributed by atoms with Crippen molar-refractivity contribution in [3.8, 4) is 5.75 Å². The average molecular weight is 451 g/mol. The number of fused-ring (bicyclic) bond motifs is 1. The fourth-order valence-electron chi connectivity index (χ4n) is 4.33. The lowest BCUT2D eigenvalue weighted by Gasteiger charge is -2.37.